The third kappa shape index (κ3) is 1.51. The summed E-state index contributed by atoms with van der Waals surface area (Å²) in [5, 5.41) is 0. The highest BCUT2D eigenvalue weighted by atomic mass is 16.5. The highest BCUT2D eigenvalue weighted by Crippen LogP contribution is 2.28. The quantitative estimate of drug-likeness (QED) is 0.637. The van der Waals surface area contributed by atoms with Gasteiger partial charge in [0.15, 0.2) is 5.78 Å². The van der Waals surface area contributed by atoms with Crippen LogP contribution in [0, 0.1) is 0 Å². The van der Waals surface area contributed by atoms with Crippen molar-refractivity contribution < 1.29 is 9.53 Å². The maximum Gasteiger partial charge on any atom is 0.195 e. The molecule has 0 amide bonds. The maximum absolute atomic E-state index is 12.3. The first-order chi connectivity index (χ1) is 8.29. The van der Waals surface area contributed by atoms with Crippen molar-refractivity contribution in [2.24, 2.45) is 0 Å². The van der Waals surface area contributed by atoms with Crippen LogP contribution in [0.25, 0.3) is 0 Å². The van der Waals surface area contributed by atoms with E-state index in [0.717, 1.165) is 23.1 Å². The van der Waals surface area contributed by atoms with E-state index in [9.17, 15) is 4.79 Å². The summed E-state index contributed by atoms with van der Waals surface area (Å²) in [6, 6.07) is 7.54. The number of ether oxygens (including phenoxy) is 1. The van der Waals surface area contributed by atoms with Crippen LogP contribution in [0.3, 0.4) is 0 Å². The maximum atomic E-state index is 12.3. The Hall–Kier alpha value is -2.16. The van der Waals surface area contributed by atoms with Crippen molar-refractivity contribution in [1.29, 1.82) is 0 Å². The molecule has 0 saturated carbocycles. The van der Waals surface area contributed by atoms with Crippen molar-refractivity contribution in [3.63, 3.8) is 0 Å². The fraction of sp³-hybridized carbons (Fsp3) is 0.143. The van der Waals surface area contributed by atoms with Crippen LogP contribution in [-0.4, -0.2) is 17.9 Å². The topological polar surface area (TPSA) is 39.2 Å². The lowest BCUT2D eigenvalue weighted by atomic mass is 9.86. The Kier molecular flexibility index (Phi) is 2.18. The average molecular weight is 225 g/mol. The van der Waals surface area contributed by atoms with Gasteiger partial charge in [-0.25, -0.2) is 0 Å². The van der Waals surface area contributed by atoms with Crippen LogP contribution in [0.1, 0.15) is 27.0 Å². The Morgan fingerprint density at radius 2 is 2.00 bits per heavy atom. The van der Waals surface area contributed by atoms with E-state index in [1.807, 2.05) is 18.2 Å². The van der Waals surface area contributed by atoms with Crippen molar-refractivity contribution in [2.75, 3.05) is 7.11 Å². The number of ketones is 1. The average Bonchev–Trinajstić information content (AvgIpc) is 2.39. The minimum atomic E-state index is 0.0354. The largest absolute Gasteiger partial charge is 0.497 e. The molecule has 0 saturated heterocycles. The normalized spacial score (nSPS) is 12.9. The standard InChI is InChI=1S/C14H11NO2/c1-17-11-3-2-9-6-10-4-5-15-8-13(10)14(16)12(9)7-11/h2-5,7-8H,6H2,1H3. The first kappa shape index (κ1) is 10.0. The highest BCUT2D eigenvalue weighted by molar-refractivity contribution is 6.12. The van der Waals surface area contributed by atoms with Crippen molar-refractivity contribution in [2.45, 2.75) is 6.42 Å². The molecule has 0 spiro atoms. The zero-order valence-electron chi connectivity index (χ0n) is 9.43. The zero-order chi connectivity index (χ0) is 11.8. The molecule has 1 aliphatic carbocycles. The number of hydrogen-bond donors (Lipinski definition) is 0. The number of fused-ring (bicyclic) bond motifs is 2. The van der Waals surface area contributed by atoms with Gasteiger partial charge in [0.1, 0.15) is 5.75 Å². The van der Waals surface area contributed by atoms with Gasteiger partial charge in [0.25, 0.3) is 0 Å². The molecule has 0 fully saturated rings. The van der Waals surface area contributed by atoms with E-state index in [4.69, 9.17) is 4.74 Å². The number of carbonyl (C=O) groups excluding carboxylic acids is 1. The van der Waals surface area contributed by atoms with Crippen molar-refractivity contribution in [1.82, 2.24) is 4.98 Å². The summed E-state index contributed by atoms with van der Waals surface area (Å²) in [5.74, 6) is 0.748. The first-order valence-corrected chi connectivity index (χ1v) is 5.44. The van der Waals surface area contributed by atoms with Gasteiger partial charge in [-0.05, 0) is 35.7 Å². The minimum absolute atomic E-state index is 0.0354. The SMILES string of the molecule is COc1ccc2c(c1)C(=O)c1cnccc1C2. The molecule has 3 nitrogen and oxygen atoms in total. The van der Waals surface area contributed by atoms with Gasteiger partial charge in [-0.15, -0.1) is 0 Å². The predicted molar refractivity (Wildman–Crippen MR) is 63.5 cm³/mol. The Bertz CT molecular complexity index is 605. The Balaban J connectivity index is 2.17. The van der Waals surface area contributed by atoms with Gasteiger partial charge >= 0.3 is 0 Å². The second-order valence-corrected chi connectivity index (χ2v) is 4.06. The monoisotopic (exact) mass is 225 g/mol. The van der Waals surface area contributed by atoms with Gasteiger partial charge in [-0.1, -0.05) is 6.07 Å². The summed E-state index contributed by atoms with van der Waals surface area (Å²) in [6.45, 7) is 0. The lowest BCUT2D eigenvalue weighted by Crippen LogP contribution is -2.15. The molecule has 0 N–H and O–H groups in total. The third-order valence-corrected chi connectivity index (χ3v) is 3.10. The molecule has 0 bridgehead atoms. The van der Waals surface area contributed by atoms with Gasteiger partial charge in [0.05, 0.1) is 7.11 Å². The van der Waals surface area contributed by atoms with Crippen LogP contribution in [0.2, 0.25) is 0 Å². The smallest absolute Gasteiger partial charge is 0.195 e. The first-order valence-electron chi connectivity index (χ1n) is 5.44. The van der Waals surface area contributed by atoms with Crippen molar-refractivity contribution in [3.8, 4) is 5.75 Å². The number of aromatic nitrogens is 1. The number of pyridine rings is 1. The molecule has 1 aromatic heterocycles. The molecular formula is C14H11NO2. The predicted octanol–water partition coefficient (Wildman–Crippen LogP) is 2.23. The number of nitrogens with zero attached hydrogens (tertiary/aromatic N) is 1. The molecule has 3 heteroatoms. The molecule has 0 atom stereocenters. The van der Waals surface area contributed by atoms with Crippen LogP contribution >= 0.6 is 0 Å². The molecule has 2 aromatic rings. The molecule has 1 aromatic carbocycles. The van der Waals surface area contributed by atoms with Gasteiger partial charge in [-0.2, -0.15) is 0 Å². The summed E-state index contributed by atoms with van der Waals surface area (Å²) in [7, 11) is 1.60. The zero-order valence-corrected chi connectivity index (χ0v) is 9.43. The molecule has 1 heterocycles. The number of methoxy groups -OCH3 is 1. The molecule has 0 aliphatic heterocycles. The van der Waals surface area contributed by atoms with Gasteiger partial charge in [0, 0.05) is 23.5 Å². The number of rotatable bonds is 1. The Morgan fingerprint density at radius 1 is 1.18 bits per heavy atom. The molecule has 1 aliphatic rings. The number of benzene rings is 1. The van der Waals surface area contributed by atoms with Gasteiger partial charge < -0.3 is 4.74 Å². The highest BCUT2D eigenvalue weighted by Gasteiger charge is 2.23. The lowest BCUT2D eigenvalue weighted by molar-refractivity contribution is 0.103. The second-order valence-electron chi connectivity index (χ2n) is 4.06. The molecule has 17 heavy (non-hydrogen) atoms. The second kappa shape index (κ2) is 3.70. The van der Waals surface area contributed by atoms with Crippen molar-refractivity contribution >= 4 is 5.78 Å². The Morgan fingerprint density at radius 3 is 2.82 bits per heavy atom. The van der Waals surface area contributed by atoms with E-state index in [1.54, 1.807) is 25.6 Å². The Labute approximate surface area is 99.1 Å². The molecule has 84 valence electrons. The number of hydrogen-bond acceptors (Lipinski definition) is 3. The van der Waals surface area contributed by atoms with Crippen LogP contribution in [0.15, 0.2) is 36.7 Å². The van der Waals surface area contributed by atoms with E-state index in [2.05, 4.69) is 4.98 Å². The fourth-order valence-electron chi connectivity index (χ4n) is 2.18. The molecule has 0 unspecified atom stereocenters. The summed E-state index contributed by atoms with van der Waals surface area (Å²) in [5.41, 5.74) is 3.52. The lowest BCUT2D eigenvalue weighted by Gasteiger charge is -2.18. The summed E-state index contributed by atoms with van der Waals surface area (Å²) in [4.78, 5) is 16.3. The van der Waals surface area contributed by atoms with E-state index >= 15 is 0 Å². The summed E-state index contributed by atoms with van der Waals surface area (Å²) >= 11 is 0. The molecule has 3 rings (SSSR count). The van der Waals surface area contributed by atoms with Crippen LogP contribution in [0.5, 0.6) is 5.75 Å². The van der Waals surface area contributed by atoms with E-state index in [0.29, 0.717) is 11.3 Å². The third-order valence-electron chi connectivity index (χ3n) is 3.10. The van der Waals surface area contributed by atoms with Gasteiger partial charge in [-0.3, -0.25) is 9.78 Å². The van der Waals surface area contributed by atoms with Crippen molar-refractivity contribution in [3.05, 3.63) is 58.9 Å². The number of carbonyl (C=O) groups is 1. The molecular weight excluding hydrogens is 214 g/mol. The van der Waals surface area contributed by atoms with E-state index in [-0.39, 0.29) is 5.78 Å². The minimum Gasteiger partial charge on any atom is -0.497 e. The fourth-order valence-corrected chi connectivity index (χ4v) is 2.18. The van der Waals surface area contributed by atoms with E-state index < -0.39 is 0 Å². The van der Waals surface area contributed by atoms with Crippen LogP contribution in [-0.2, 0) is 6.42 Å². The van der Waals surface area contributed by atoms with Gasteiger partial charge in [0.2, 0.25) is 0 Å². The van der Waals surface area contributed by atoms with Crippen LogP contribution < -0.4 is 4.74 Å². The van der Waals surface area contributed by atoms with E-state index in [1.165, 1.54) is 0 Å². The summed E-state index contributed by atoms with van der Waals surface area (Å²) in [6.07, 6.45) is 4.14. The summed E-state index contributed by atoms with van der Waals surface area (Å²) < 4.78 is 5.15. The van der Waals surface area contributed by atoms with Crippen LogP contribution in [0.4, 0.5) is 0 Å². The molecule has 0 radical (unpaired) electrons.